The van der Waals surface area contributed by atoms with E-state index in [4.69, 9.17) is 10.5 Å². The van der Waals surface area contributed by atoms with Gasteiger partial charge < -0.3 is 10.5 Å². The molecule has 2 N–H and O–H groups in total. The smallest absolute Gasteiger partial charge is 0.167 e. The van der Waals surface area contributed by atoms with E-state index >= 15 is 0 Å². The molecule has 0 radical (unpaired) electrons. The van der Waals surface area contributed by atoms with Crippen molar-refractivity contribution >= 4 is 11.5 Å². The summed E-state index contributed by atoms with van der Waals surface area (Å²) in [5.74, 6) is 0.795. The Morgan fingerprint density at radius 3 is 2.71 bits per heavy atom. The molecule has 0 amide bonds. The van der Waals surface area contributed by atoms with E-state index in [1.165, 1.54) is 26.0 Å². The van der Waals surface area contributed by atoms with Gasteiger partial charge in [0.05, 0.1) is 12.8 Å². The molecule has 1 aromatic rings. The number of hydrogen-bond donors (Lipinski definition) is 1. The van der Waals surface area contributed by atoms with Gasteiger partial charge in [-0.1, -0.05) is 12.8 Å². The van der Waals surface area contributed by atoms with E-state index < -0.39 is 5.82 Å². The lowest BCUT2D eigenvalue weighted by molar-refractivity contribution is 0.386. The highest BCUT2D eigenvalue weighted by atomic mass is 19.1. The molecule has 0 unspecified atom stereocenters. The third-order valence-corrected chi connectivity index (χ3v) is 3.17. The summed E-state index contributed by atoms with van der Waals surface area (Å²) in [4.78, 5) is 4.28. The van der Waals surface area contributed by atoms with Crippen molar-refractivity contribution in [3.05, 3.63) is 24.0 Å². The Hall–Kier alpha value is -1.58. The van der Waals surface area contributed by atoms with Crippen LogP contribution in [-0.2, 0) is 0 Å². The third kappa shape index (κ3) is 2.75. The molecule has 2 rings (SSSR count). The zero-order valence-electron chi connectivity index (χ0n) is 9.95. The average molecular weight is 236 g/mol. The maximum absolute atomic E-state index is 13.4. The van der Waals surface area contributed by atoms with E-state index in [1.807, 2.05) is 0 Å². The number of amidine groups is 1. The summed E-state index contributed by atoms with van der Waals surface area (Å²) >= 11 is 0. The lowest BCUT2D eigenvalue weighted by atomic mass is 10.1. The molecule has 1 aliphatic carbocycles. The van der Waals surface area contributed by atoms with Crippen LogP contribution in [-0.4, -0.2) is 12.9 Å². The molecule has 0 atom stereocenters. The quantitative estimate of drug-likeness (QED) is 0.647. The Kier molecular flexibility index (Phi) is 3.61. The maximum Gasteiger partial charge on any atom is 0.167 e. The monoisotopic (exact) mass is 236 g/mol. The molecule has 0 aromatic heterocycles. The van der Waals surface area contributed by atoms with Gasteiger partial charge in [0.15, 0.2) is 11.6 Å². The summed E-state index contributed by atoms with van der Waals surface area (Å²) in [6, 6.07) is 4.63. The second kappa shape index (κ2) is 5.17. The summed E-state index contributed by atoms with van der Waals surface area (Å²) < 4.78 is 18.3. The minimum atomic E-state index is -0.409. The zero-order chi connectivity index (χ0) is 12.3. The predicted octanol–water partition coefficient (Wildman–Crippen LogP) is 3.01. The Balaban J connectivity index is 2.17. The van der Waals surface area contributed by atoms with Crippen molar-refractivity contribution in [1.82, 2.24) is 0 Å². The Morgan fingerprint density at radius 1 is 1.41 bits per heavy atom. The molecule has 0 aliphatic heterocycles. The molecule has 3 nitrogen and oxygen atoms in total. The molecule has 1 aromatic carbocycles. The molecule has 17 heavy (non-hydrogen) atoms. The number of aliphatic imine (C=N–C) groups is 1. The standard InChI is InChI=1S/C13H17FN2O/c1-17-12-7-6-10(8-11(12)14)16-13(15)9-4-2-3-5-9/h6-9H,2-5H2,1H3,(H2,15,16). The average Bonchev–Trinajstić information content (AvgIpc) is 2.82. The molecule has 1 fully saturated rings. The van der Waals surface area contributed by atoms with Gasteiger partial charge >= 0.3 is 0 Å². The van der Waals surface area contributed by atoms with Crippen LogP contribution in [0.3, 0.4) is 0 Å². The molecular weight excluding hydrogens is 219 g/mol. The molecule has 0 saturated heterocycles. The molecule has 1 aliphatic rings. The largest absolute Gasteiger partial charge is 0.494 e. The van der Waals surface area contributed by atoms with Crippen molar-refractivity contribution in [1.29, 1.82) is 0 Å². The molecular formula is C13H17FN2O. The topological polar surface area (TPSA) is 47.6 Å². The minimum Gasteiger partial charge on any atom is -0.494 e. The van der Waals surface area contributed by atoms with E-state index in [9.17, 15) is 4.39 Å². The van der Waals surface area contributed by atoms with Crippen molar-refractivity contribution in [3.63, 3.8) is 0 Å². The van der Waals surface area contributed by atoms with Crippen LogP contribution >= 0.6 is 0 Å². The molecule has 0 spiro atoms. The van der Waals surface area contributed by atoms with E-state index in [0.717, 1.165) is 12.8 Å². The van der Waals surface area contributed by atoms with Crippen LogP contribution < -0.4 is 10.5 Å². The van der Waals surface area contributed by atoms with Gasteiger partial charge in [-0.15, -0.1) is 0 Å². The fourth-order valence-corrected chi connectivity index (χ4v) is 2.19. The lowest BCUT2D eigenvalue weighted by Gasteiger charge is -2.08. The van der Waals surface area contributed by atoms with Gasteiger partial charge in [0, 0.05) is 12.0 Å². The number of methoxy groups -OCH3 is 1. The number of hydrogen-bond acceptors (Lipinski definition) is 2. The fraction of sp³-hybridized carbons (Fsp3) is 0.462. The van der Waals surface area contributed by atoms with Crippen LogP contribution in [0, 0.1) is 11.7 Å². The van der Waals surface area contributed by atoms with E-state index in [2.05, 4.69) is 4.99 Å². The fourth-order valence-electron chi connectivity index (χ4n) is 2.19. The lowest BCUT2D eigenvalue weighted by Crippen LogP contribution is -2.20. The Bertz CT molecular complexity index is 425. The van der Waals surface area contributed by atoms with E-state index in [-0.39, 0.29) is 5.75 Å². The minimum absolute atomic E-state index is 0.225. The number of ether oxygens (including phenoxy) is 1. The highest BCUT2D eigenvalue weighted by Gasteiger charge is 2.18. The summed E-state index contributed by atoms with van der Waals surface area (Å²) in [5, 5.41) is 0. The number of nitrogens with zero attached hydrogens (tertiary/aromatic N) is 1. The molecule has 4 heteroatoms. The summed E-state index contributed by atoms with van der Waals surface area (Å²) in [7, 11) is 1.44. The number of halogens is 1. The zero-order valence-corrected chi connectivity index (χ0v) is 9.95. The van der Waals surface area contributed by atoms with Crippen LogP contribution in [0.25, 0.3) is 0 Å². The maximum atomic E-state index is 13.4. The summed E-state index contributed by atoms with van der Waals surface area (Å²) in [6.45, 7) is 0. The Morgan fingerprint density at radius 2 is 2.12 bits per heavy atom. The molecule has 92 valence electrons. The van der Waals surface area contributed by atoms with E-state index in [1.54, 1.807) is 12.1 Å². The van der Waals surface area contributed by atoms with Crippen LogP contribution in [0.5, 0.6) is 5.75 Å². The molecule has 0 bridgehead atoms. The van der Waals surface area contributed by atoms with Gasteiger partial charge in [-0.2, -0.15) is 0 Å². The van der Waals surface area contributed by atoms with Gasteiger partial charge in [-0.3, -0.25) is 0 Å². The number of rotatable bonds is 3. The first kappa shape index (κ1) is 11.9. The van der Waals surface area contributed by atoms with Crippen molar-refractivity contribution in [3.8, 4) is 5.75 Å². The second-order valence-electron chi connectivity index (χ2n) is 4.34. The number of benzene rings is 1. The van der Waals surface area contributed by atoms with Crippen LogP contribution in [0.2, 0.25) is 0 Å². The highest BCUT2D eigenvalue weighted by Crippen LogP contribution is 2.27. The normalized spacial score (nSPS) is 17.4. The molecule has 1 saturated carbocycles. The first-order valence-corrected chi connectivity index (χ1v) is 5.88. The SMILES string of the molecule is COc1ccc(N=C(N)C2CCCC2)cc1F. The van der Waals surface area contributed by atoms with Crippen molar-refractivity contribution < 1.29 is 9.13 Å². The first-order chi connectivity index (χ1) is 8.20. The van der Waals surface area contributed by atoms with E-state index in [0.29, 0.717) is 17.4 Å². The second-order valence-corrected chi connectivity index (χ2v) is 4.34. The van der Waals surface area contributed by atoms with Crippen LogP contribution in [0.1, 0.15) is 25.7 Å². The predicted molar refractivity (Wildman–Crippen MR) is 66.2 cm³/mol. The van der Waals surface area contributed by atoms with Gasteiger partial charge in [0.2, 0.25) is 0 Å². The first-order valence-electron chi connectivity index (χ1n) is 5.88. The van der Waals surface area contributed by atoms with Crippen molar-refractivity contribution in [2.24, 2.45) is 16.6 Å². The van der Waals surface area contributed by atoms with Gasteiger partial charge in [-0.05, 0) is 25.0 Å². The summed E-state index contributed by atoms with van der Waals surface area (Å²) in [5.41, 5.74) is 6.48. The van der Waals surface area contributed by atoms with Crippen LogP contribution in [0.15, 0.2) is 23.2 Å². The van der Waals surface area contributed by atoms with Crippen molar-refractivity contribution in [2.75, 3.05) is 7.11 Å². The van der Waals surface area contributed by atoms with Gasteiger partial charge in [-0.25, -0.2) is 9.38 Å². The number of nitrogens with two attached hydrogens (primary N) is 1. The van der Waals surface area contributed by atoms with Crippen molar-refractivity contribution in [2.45, 2.75) is 25.7 Å². The van der Waals surface area contributed by atoms with Gasteiger partial charge in [0.25, 0.3) is 0 Å². The third-order valence-electron chi connectivity index (χ3n) is 3.17. The van der Waals surface area contributed by atoms with Gasteiger partial charge in [0.1, 0.15) is 5.84 Å². The van der Waals surface area contributed by atoms with Crippen LogP contribution in [0.4, 0.5) is 10.1 Å². The highest BCUT2D eigenvalue weighted by molar-refractivity contribution is 5.85. The Labute approximate surface area is 100 Å². The summed E-state index contributed by atoms with van der Waals surface area (Å²) in [6.07, 6.45) is 4.59. The molecule has 0 heterocycles.